The van der Waals surface area contributed by atoms with Gasteiger partial charge in [0, 0.05) is 0 Å². The van der Waals surface area contributed by atoms with Crippen LogP contribution in [0.2, 0.25) is 5.15 Å². The van der Waals surface area contributed by atoms with Crippen molar-refractivity contribution >= 4 is 11.6 Å². The lowest BCUT2D eigenvalue weighted by Gasteiger charge is -2.13. The molecular formula is C14H15ClN2O2. The zero-order chi connectivity index (χ0) is 14.0. The van der Waals surface area contributed by atoms with E-state index >= 15 is 0 Å². The Morgan fingerprint density at radius 2 is 1.84 bits per heavy atom. The van der Waals surface area contributed by atoms with Crippen LogP contribution in [0.1, 0.15) is 16.7 Å². The van der Waals surface area contributed by atoms with Crippen molar-refractivity contribution in [2.24, 2.45) is 0 Å². The van der Waals surface area contributed by atoms with Crippen LogP contribution in [-0.4, -0.2) is 17.1 Å². The van der Waals surface area contributed by atoms with E-state index in [1.54, 1.807) is 0 Å². The predicted octanol–water partition coefficient (Wildman–Crippen LogP) is 3.86. The number of hydrogen-bond acceptors (Lipinski definition) is 4. The Bertz CT molecular complexity index is 615. The van der Waals surface area contributed by atoms with E-state index < -0.39 is 0 Å². The molecule has 0 radical (unpaired) electrons. The van der Waals surface area contributed by atoms with Gasteiger partial charge in [0.2, 0.25) is 5.75 Å². The molecule has 0 unspecified atom stereocenters. The average molecular weight is 279 g/mol. The highest BCUT2D eigenvalue weighted by Gasteiger charge is 2.14. The fourth-order valence-corrected chi connectivity index (χ4v) is 1.99. The first-order valence-electron chi connectivity index (χ1n) is 5.83. The highest BCUT2D eigenvalue weighted by Crippen LogP contribution is 2.35. The van der Waals surface area contributed by atoms with Gasteiger partial charge in [-0.25, -0.2) is 4.98 Å². The summed E-state index contributed by atoms with van der Waals surface area (Å²) >= 11 is 5.94. The quantitative estimate of drug-likeness (QED) is 0.800. The molecule has 2 aromatic rings. The smallest absolute Gasteiger partial charge is 0.267 e. The molecule has 4 nitrogen and oxygen atoms in total. The molecule has 19 heavy (non-hydrogen) atoms. The molecule has 0 amide bonds. The molecular weight excluding hydrogens is 264 g/mol. The number of nitrogens with zero attached hydrogens (tertiary/aromatic N) is 2. The van der Waals surface area contributed by atoms with Gasteiger partial charge < -0.3 is 9.47 Å². The van der Waals surface area contributed by atoms with Gasteiger partial charge in [-0.2, -0.15) is 4.98 Å². The Labute approximate surface area is 117 Å². The Morgan fingerprint density at radius 1 is 1.11 bits per heavy atom. The first-order valence-corrected chi connectivity index (χ1v) is 6.21. The van der Waals surface area contributed by atoms with Gasteiger partial charge in [0.15, 0.2) is 5.15 Å². The first kappa shape index (κ1) is 13.6. The van der Waals surface area contributed by atoms with Crippen LogP contribution >= 0.6 is 11.6 Å². The summed E-state index contributed by atoms with van der Waals surface area (Å²) in [6.45, 7) is 6.06. The second-order valence-electron chi connectivity index (χ2n) is 4.31. The zero-order valence-electron chi connectivity index (χ0n) is 11.3. The number of rotatable bonds is 3. The molecule has 0 aliphatic heterocycles. The maximum atomic E-state index is 5.94. The van der Waals surface area contributed by atoms with E-state index in [0.29, 0.717) is 11.6 Å². The van der Waals surface area contributed by atoms with Gasteiger partial charge in [-0.05, 0) is 43.5 Å². The molecule has 0 aliphatic rings. The van der Waals surface area contributed by atoms with Crippen LogP contribution in [0.15, 0.2) is 18.5 Å². The third kappa shape index (κ3) is 2.79. The number of aromatic nitrogens is 2. The Balaban J connectivity index is 2.45. The van der Waals surface area contributed by atoms with E-state index in [9.17, 15) is 0 Å². The van der Waals surface area contributed by atoms with Gasteiger partial charge in [0.25, 0.3) is 5.88 Å². The van der Waals surface area contributed by atoms with Crippen molar-refractivity contribution in [3.05, 3.63) is 40.3 Å². The van der Waals surface area contributed by atoms with Crippen molar-refractivity contribution in [1.82, 2.24) is 9.97 Å². The summed E-state index contributed by atoms with van der Waals surface area (Å²) in [5.41, 5.74) is 3.34. The van der Waals surface area contributed by atoms with E-state index in [4.69, 9.17) is 21.1 Å². The van der Waals surface area contributed by atoms with Crippen LogP contribution in [0, 0.1) is 20.8 Å². The average Bonchev–Trinajstić information content (AvgIpc) is 2.35. The molecule has 0 aliphatic carbocycles. The van der Waals surface area contributed by atoms with E-state index in [0.717, 1.165) is 22.4 Å². The molecule has 0 bridgehead atoms. The second-order valence-corrected chi connectivity index (χ2v) is 4.67. The van der Waals surface area contributed by atoms with Crippen molar-refractivity contribution in [2.45, 2.75) is 20.8 Å². The molecule has 0 atom stereocenters. The summed E-state index contributed by atoms with van der Waals surface area (Å²) in [5, 5.41) is 0.231. The molecule has 0 saturated heterocycles. The minimum absolute atomic E-state index is 0.231. The molecule has 1 aromatic heterocycles. The van der Waals surface area contributed by atoms with Crippen molar-refractivity contribution in [1.29, 1.82) is 0 Å². The SMILES string of the molecule is COc1c(Cl)ncnc1Oc1cc(C)cc(C)c1C. The highest BCUT2D eigenvalue weighted by atomic mass is 35.5. The molecule has 5 heteroatoms. The molecule has 1 aromatic carbocycles. The first-order chi connectivity index (χ1) is 9.02. The number of halogens is 1. The zero-order valence-corrected chi connectivity index (χ0v) is 12.1. The molecule has 2 rings (SSSR count). The summed E-state index contributed by atoms with van der Waals surface area (Å²) in [7, 11) is 1.51. The number of ether oxygens (including phenoxy) is 2. The van der Waals surface area contributed by atoms with Crippen LogP contribution < -0.4 is 9.47 Å². The molecule has 0 fully saturated rings. The number of benzene rings is 1. The van der Waals surface area contributed by atoms with Crippen molar-refractivity contribution in [2.75, 3.05) is 7.11 Å². The summed E-state index contributed by atoms with van der Waals surface area (Å²) < 4.78 is 11.0. The summed E-state index contributed by atoms with van der Waals surface area (Å²) in [5.74, 6) is 1.39. The number of hydrogen-bond donors (Lipinski definition) is 0. The van der Waals surface area contributed by atoms with Crippen LogP contribution in [-0.2, 0) is 0 Å². The van der Waals surface area contributed by atoms with E-state index in [2.05, 4.69) is 16.0 Å². The maximum Gasteiger partial charge on any atom is 0.267 e. The Kier molecular flexibility index (Phi) is 3.90. The molecule has 0 N–H and O–H groups in total. The fourth-order valence-electron chi connectivity index (χ4n) is 1.79. The summed E-state index contributed by atoms with van der Waals surface area (Å²) in [4.78, 5) is 7.92. The fraction of sp³-hybridized carbons (Fsp3) is 0.286. The van der Waals surface area contributed by atoms with Crippen LogP contribution in [0.3, 0.4) is 0 Å². The minimum Gasteiger partial charge on any atom is -0.489 e. The maximum absolute atomic E-state index is 5.94. The second kappa shape index (κ2) is 5.45. The summed E-state index contributed by atoms with van der Waals surface area (Å²) in [6.07, 6.45) is 1.35. The number of methoxy groups -OCH3 is 1. The van der Waals surface area contributed by atoms with Gasteiger partial charge in [-0.1, -0.05) is 17.7 Å². The Hall–Kier alpha value is -1.81. The lowest BCUT2D eigenvalue weighted by Crippen LogP contribution is -1.98. The van der Waals surface area contributed by atoms with E-state index in [1.807, 2.05) is 26.8 Å². The van der Waals surface area contributed by atoms with Crippen molar-refractivity contribution < 1.29 is 9.47 Å². The van der Waals surface area contributed by atoms with Gasteiger partial charge in [-0.3, -0.25) is 0 Å². The Morgan fingerprint density at radius 3 is 2.53 bits per heavy atom. The highest BCUT2D eigenvalue weighted by molar-refractivity contribution is 6.31. The molecule has 100 valence electrons. The largest absolute Gasteiger partial charge is 0.489 e. The molecule has 1 heterocycles. The standard InChI is InChI=1S/C14H15ClN2O2/c1-8-5-9(2)10(3)11(6-8)19-14-12(18-4)13(15)16-7-17-14/h5-7H,1-4H3. The van der Waals surface area contributed by atoms with Crippen LogP contribution in [0.25, 0.3) is 0 Å². The monoisotopic (exact) mass is 278 g/mol. The van der Waals surface area contributed by atoms with E-state index in [-0.39, 0.29) is 5.15 Å². The lowest BCUT2D eigenvalue weighted by atomic mass is 10.1. The van der Waals surface area contributed by atoms with E-state index in [1.165, 1.54) is 13.4 Å². The van der Waals surface area contributed by atoms with Crippen molar-refractivity contribution in [3.8, 4) is 17.4 Å². The van der Waals surface area contributed by atoms with Crippen LogP contribution in [0.4, 0.5) is 0 Å². The van der Waals surface area contributed by atoms with Crippen LogP contribution in [0.5, 0.6) is 17.4 Å². The summed E-state index contributed by atoms with van der Waals surface area (Å²) in [6, 6.07) is 4.06. The number of aryl methyl sites for hydroxylation is 2. The van der Waals surface area contributed by atoms with Gasteiger partial charge in [0.1, 0.15) is 12.1 Å². The predicted molar refractivity (Wildman–Crippen MR) is 74.3 cm³/mol. The van der Waals surface area contributed by atoms with Gasteiger partial charge in [0.05, 0.1) is 7.11 Å². The topological polar surface area (TPSA) is 44.2 Å². The van der Waals surface area contributed by atoms with Gasteiger partial charge in [-0.15, -0.1) is 0 Å². The third-order valence-corrected chi connectivity index (χ3v) is 3.17. The molecule has 0 saturated carbocycles. The minimum atomic E-state index is 0.231. The van der Waals surface area contributed by atoms with Gasteiger partial charge >= 0.3 is 0 Å². The third-order valence-electron chi connectivity index (χ3n) is 2.90. The molecule has 0 spiro atoms. The van der Waals surface area contributed by atoms with Crippen molar-refractivity contribution in [3.63, 3.8) is 0 Å². The lowest BCUT2D eigenvalue weighted by molar-refractivity contribution is 0.366. The normalized spacial score (nSPS) is 10.4.